The van der Waals surface area contributed by atoms with Gasteiger partial charge in [0, 0.05) is 44.4 Å². The lowest BCUT2D eigenvalue weighted by Crippen LogP contribution is -2.42. The van der Waals surface area contributed by atoms with Gasteiger partial charge in [0.05, 0.1) is 6.10 Å². The largest absolute Gasteiger partial charge is 0.376 e. The second-order valence-corrected chi connectivity index (χ2v) is 7.46. The highest BCUT2D eigenvalue weighted by atomic mass is 127. The predicted molar refractivity (Wildman–Crippen MR) is 129 cm³/mol. The molecule has 3 N–H and O–H groups in total. The van der Waals surface area contributed by atoms with Crippen molar-refractivity contribution in [3.63, 3.8) is 0 Å². The summed E-state index contributed by atoms with van der Waals surface area (Å²) >= 11 is 0. The smallest absolute Gasteiger partial charge is 0.191 e. The molecule has 0 spiro atoms. The van der Waals surface area contributed by atoms with Crippen molar-refractivity contribution in [1.29, 1.82) is 0 Å². The molecule has 3 aromatic rings. The highest BCUT2D eigenvalue weighted by molar-refractivity contribution is 14.0. The van der Waals surface area contributed by atoms with E-state index in [1.165, 1.54) is 16.6 Å². The van der Waals surface area contributed by atoms with Gasteiger partial charge in [-0.05, 0) is 37.3 Å². The third-order valence-corrected chi connectivity index (χ3v) is 5.36. The number of aliphatic imine (C=N–C) groups is 1. The van der Waals surface area contributed by atoms with Crippen molar-refractivity contribution < 1.29 is 4.74 Å². The van der Waals surface area contributed by atoms with E-state index >= 15 is 0 Å². The molecule has 0 aliphatic carbocycles. The van der Waals surface area contributed by atoms with Gasteiger partial charge in [-0.2, -0.15) is 0 Å². The number of nitrogens with one attached hydrogen (secondary N) is 3. The van der Waals surface area contributed by atoms with E-state index in [1.807, 2.05) is 18.5 Å². The molecule has 9 heteroatoms. The van der Waals surface area contributed by atoms with Crippen molar-refractivity contribution in [1.82, 2.24) is 30.4 Å². The topological polar surface area (TPSA) is 92.2 Å². The molecule has 0 amide bonds. The summed E-state index contributed by atoms with van der Waals surface area (Å²) in [7, 11) is 1.96. The van der Waals surface area contributed by atoms with E-state index in [-0.39, 0.29) is 30.1 Å². The third kappa shape index (κ3) is 5.72. The molecule has 1 aliphatic heterocycles. The van der Waals surface area contributed by atoms with Gasteiger partial charge >= 0.3 is 0 Å². The first-order valence-electron chi connectivity index (χ1n) is 10.2. The van der Waals surface area contributed by atoms with Crippen LogP contribution in [-0.4, -0.2) is 51.5 Å². The number of hydrogen-bond acceptors (Lipinski definition) is 4. The molecule has 3 heterocycles. The molecule has 1 atom stereocenters. The third-order valence-electron chi connectivity index (χ3n) is 5.36. The Morgan fingerprint density at radius 2 is 2.17 bits per heavy atom. The van der Waals surface area contributed by atoms with Crippen molar-refractivity contribution in [2.75, 3.05) is 19.7 Å². The van der Waals surface area contributed by atoms with Crippen molar-refractivity contribution in [2.45, 2.75) is 38.8 Å². The number of benzene rings is 1. The fourth-order valence-corrected chi connectivity index (χ4v) is 3.51. The summed E-state index contributed by atoms with van der Waals surface area (Å²) in [4.78, 5) is 8.18. The normalized spacial score (nSPS) is 16.6. The molecule has 1 saturated heterocycles. The van der Waals surface area contributed by atoms with Crippen LogP contribution in [0.15, 0.2) is 35.3 Å². The molecule has 30 heavy (non-hydrogen) atoms. The zero-order valence-corrected chi connectivity index (χ0v) is 19.8. The average Bonchev–Trinajstić information content (AvgIpc) is 3.45. The molecule has 0 saturated carbocycles. The standard InChI is InChI=1S/C21H29N7O.HI/c1-15-26-27-20(28(15)2)14-24-21(23-13-18-7-5-11-29-18)22-10-9-17-12-16-6-3-4-8-19(16)25-17;/h3-4,6,8,12,18,25H,5,7,9-11,13-14H2,1-2H3,(H2,22,23,24);1H. The van der Waals surface area contributed by atoms with Gasteiger partial charge in [0.2, 0.25) is 0 Å². The second kappa shape index (κ2) is 10.8. The van der Waals surface area contributed by atoms with Crippen LogP contribution in [0, 0.1) is 6.92 Å². The molecule has 1 fully saturated rings. The van der Waals surface area contributed by atoms with Gasteiger partial charge in [-0.25, -0.2) is 4.99 Å². The maximum atomic E-state index is 5.72. The molecule has 2 aromatic heterocycles. The van der Waals surface area contributed by atoms with Gasteiger partial charge in [-0.1, -0.05) is 18.2 Å². The summed E-state index contributed by atoms with van der Waals surface area (Å²) in [5, 5.41) is 16.4. The average molecular weight is 523 g/mol. The summed E-state index contributed by atoms with van der Waals surface area (Å²) < 4.78 is 7.68. The van der Waals surface area contributed by atoms with Crippen molar-refractivity contribution >= 4 is 40.8 Å². The van der Waals surface area contributed by atoms with Crippen molar-refractivity contribution in [3.05, 3.63) is 47.7 Å². The quantitative estimate of drug-likeness (QED) is 0.252. The van der Waals surface area contributed by atoms with E-state index in [0.29, 0.717) is 6.54 Å². The van der Waals surface area contributed by atoms with Crippen LogP contribution < -0.4 is 10.6 Å². The van der Waals surface area contributed by atoms with E-state index in [2.05, 4.69) is 56.1 Å². The summed E-state index contributed by atoms with van der Waals surface area (Å²) in [6, 6.07) is 10.5. The van der Waals surface area contributed by atoms with Gasteiger partial charge in [0.15, 0.2) is 11.8 Å². The van der Waals surface area contributed by atoms with Gasteiger partial charge in [0.25, 0.3) is 0 Å². The number of aryl methyl sites for hydroxylation is 1. The number of rotatable bonds is 7. The van der Waals surface area contributed by atoms with Crippen LogP contribution in [0.4, 0.5) is 0 Å². The number of aromatic nitrogens is 4. The van der Waals surface area contributed by atoms with Crippen LogP contribution >= 0.6 is 24.0 Å². The van der Waals surface area contributed by atoms with Crippen LogP contribution in [-0.2, 0) is 24.8 Å². The van der Waals surface area contributed by atoms with E-state index in [9.17, 15) is 0 Å². The maximum Gasteiger partial charge on any atom is 0.191 e. The minimum atomic E-state index is 0. The Labute approximate surface area is 193 Å². The molecule has 1 aliphatic rings. The van der Waals surface area contributed by atoms with Gasteiger partial charge in [-0.3, -0.25) is 0 Å². The zero-order valence-electron chi connectivity index (χ0n) is 17.5. The molecule has 0 bridgehead atoms. The number of para-hydroxylation sites is 1. The lowest BCUT2D eigenvalue weighted by molar-refractivity contribution is 0.114. The highest BCUT2D eigenvalue weighted by Crippen LogP contribution is 2.14. The first kappa shape index (κ1) is 22.5. The van der Waals surface area contributed by atoms with Gasteiger partial charge < -0.3 is 24.9 Å². The summed E-state index contributed by atoms with van der Waals surface area (Å²) in [5.41, 5.74) is 2.38. The van der Waals surface area contributed by atoms with E-state index in [4.69, 9.17) is 9.73 Å². The van der Waals surface area contributed by atoms with E-state index in [0.717, 1.165) is 56.6 Å². The Morgan fingerprint density at radius 1 is 1.30 bits per heavy atom. The fourth-order valence-electron chi connectivity index (χ4n) is 3.51. The van der Waals surface area contributed by atoms with Crippen LogP contribution in [0.25, 0.3) is 10.9 Å². The fraction of sp³-hybridized carbons (Fsp3) is 0.476. The second-order valence-electron chi connectivity index (χ2n) is 7.46. The molecule has 0 radical (unpaired) electrons. The number of halogens is 1. The van der Waals surface area contributed by atoms with E-state index in [1.54, 1.807) is 0 Å². The van der Waals surface area contributed by atoms with Crippen LogP contribution in [0.1, 0.15) is 30.2 Å². The lowest BCUT2D eigenvalue weighted by atomic mass is 10.2. The lowest BCUT2D eigenvalue weighted by Gasteiger charge is -2.15. The molecule has 8 nitrogen and oxygen atoms in total. The monoisotopic (exact) mass is 523 g/mol. The Hall–Kier alpha value is -2.14. The number of guanidine groups is 1. The Kier molecular flexibility index (Phi) is 8.08. The summed E-state index contributed by atoms with van der Waals surface area (Å²) in [6.07, 6.45) is 3.37. The number of hydrogen-bond donors (Lipinski definition) is 3. The van der Waals surface area contributed by atoms with Crippen LogP contribution in [0.5, 0.6) is 0 Å². The Balaban J connectivity index is 0.00000256. The van der Waals surface area contributed by atoms with Crippen LogP contribution in [0.3, 0.4) is 0 Å². The number of H-pyrrole nitrogens is 1. The number of aromatic amines is 1. The summed E-state index contributed by atoms with van der Waals surface area (Å²) in [6.45, 7) is 4.81. The Bertz CT molecular complexity index is 942. The highest BCUT2D eigenvalue weighted by Gasteiger charge is 2.15. The minimum Gasteiger partial charge on any atom is -0.376 e. The number of nitrogens with zero attached hydrogens (tertiary/aromatic N) is 4. The minimum absolute atomic E-state index is 0. The van der Waals surface area contributed by atoms with Gasteiger partial charge in [0.1, 0.15) is 12.4 Å². The van der Waals surface area contributed by atoms with Crippen LogP contribution in [0.2, 0.25) is 0 Å². The van der Waals surface area contributed by atoms with Gasteiger partial charge in [-0.15, -0.1) is 34.2 Å². The van der Waals surface area contributed by atoms with E-state index < -0.39 is 0 Å². The molecule has 1 unspecified atom stereocenters. The SMILES string of the molecule is Cc1nnc(CN=C(NCCc2cc3ccccc3[nH]2)NCC2CCCO2)n1C.I. The van der Waals surface area contributed by atoms with Crippen molar-refractivity contribution in [2.24, 2.45) is 12.0 Å². The molecular formula is C21H30IN7O. The first-order valence-corrected chi connectivity index (χ1v) is 10.2. The molecule has 4 rings (SSSR count). The summed E-state index contributed by atoms with van der Waals surface area (Å²) in [5.74, 6) is 2.50. The molecular weight excluding hydrogens is 493 g/mol. The molecule has 162 valence electrons. The zero-order chi connectivity index (χ0) is 20.1. The first-order chi connectivity index (χ1) is 14.2. The predicted octanol–water partition coefficient (Wildman–Crippen LogP) is 2.68. The Morgan fingerprint density at radius 3 is 2.90 bits per heavy atom. The number of ether oxygens (including phenoxy) is 1. The van der Waals surface area contributed by atoms with Crippen molar-refractivity contribution in [3.8, 4) is 0 Å². The number of fused-ring (bicyclic) bond motifs is 1. The molecule has 1 aromatic carbocycles. The maximum absolute atomic E-state index is 5.72.